The van der Waals surface area contributed by atoms with Crippen molar-refractivity contribution < 1.29 is 14.4 Å². The number of aromatic nitrogens is 1. The first kappa shape index (κ1) is 26.3. The maximum absolute atomic E-state index is 14.4. The Balaban J connectivity index is 1.70. The standard InChI is InChI=1S/C30H32N6O3/c1-17(32-4)29(38)34-28-18(2)36(19(3)37)27-13-20(14-31)9-12-26(27)35(30(28)39)16-24-22-7-5-6-8-25(22)33-15-23(24)21-10-11-21/h5-9,12-13,15,17-18,21,28,32H,10-11,16H2,1-4H3,(H,34,38)/t17?,18-,28-/m0/s1. The summed E-state index contributed by atoms with van der Waals surface area (Å²) < 4.78 is 0. The zero-order valence-corrected chi connectivity index (χ0v) is 22.6. The van der Waals surface area contributed by atoms with Crippen LogP contribution in [0.1, 0.15) is 56.2 Å². The van der Waals surface area contributed by atoms with Crippen molar-refractivity contribution in [3.8, 4) is 6.07 Å². The Hall–Kier alpha value is -4.29. The number of likely N-dealkylation sites (N-methyl/N-ethyl adjacent to an activating group) is 1. The summed E-state index contributed by atoms with van der Waals surface area (Å²) in [7, 11) is 1.67. The SMILES string of the molecule is CNC(C)C(=O)N[C@@H]1C(=O)N(Cc2c(C3CC3)cnc3ccccc23)c2ccc(C#N)cc2N(C(C)=O)[C@H]1C. The van der Waals surface area contributed by atoms with E-state index in [0.29, 0.717) is 22.9 Å². The van der Waals surface area contributed by atoms with Crippen LogP contribution in [-0.2, 0) is 20.9 Å². The first-order valence-corrected chi connectivity index (χ1v) is 13.2. The number of fused-ring (bicyclic) bond motifs is 2. The zero-order valence-electron chi connectivity index (χ0n) is 22.6. The smallest absolute Gasteiger partial charge is 0.252 e. The molecular weight excluding hydrogens is 492 g/mol. The molecule has 0 saturated heterocycles. The Morgan fingerprint density at radius 1 is 1.18 bits per heavy atom. The van der Waals surface area contributed by atoms with Crippen LogP contribution < -0.4 is 20.4 Å². The van der Waals surface area contributed by atoms with Gasteiger partial charge in [-0.05, 0) is 75.0 Å². The fourth-order valence-corrected chi connectivity index (χ4v) is 5.38. The summed E-state index contributed by atoms with van der Waals surface area (Å²) in [6.07, 6.45) is 4.05. The Kier molecular flexibility index (Phi) is 7.06. The second-order valence-corrected chi connectivity index (χ2v) is 10.3. The van der Waals surface area contributed by atoms with Crippen molar-refractivity contribution >= 4 is 40.0 Å². The predicted molar refractivity (Wildman–Crippen MR) is 149 cm³/mol. The third-order valence-electron chi connectivity index (χ3n) is 7.79. The van der Waals surface area contributed by atoms with Crippen LogP contribution in [0.5, 0.6) is 0 Å². The maximum atomic E-state index is 14.4. The van der Waals surface area contributed by atoms with Crippen molar-refractivity contribution in [1.29, 1.82) is 5.26 Å². The fraction of sp³-hybridized carbons (Fsp3) is 0.367. The molecule has 3 amide bonds. The van der Waals surface area contributed by atoms with Gasteiger partial charge >= 0.3 is 0 Å². The van der Waals surface area contributed by atoms with Gasteiger partial charge in [0.2, 0.25) is 11.8 Å². The van der Waals surface area contributed by atoms with Crippen molar-refractivity contribution in [2.24, 2.45) is 0 Å². The number of amides is 3. The molecule has 9 heteroatoms. The molecule has 0 radical (unpaired) electrons. The quantitative estimate of drug-likeness (QED) is 0.511. The third-order valence-corrected chi connectivity index (χ3v) is 7.79. The summed E-state index contributed by atoms with van der Waals surface area (Å²) in [5.74, 6) is -0.568. The Bertz CT molecular complexity index is 1510. The van der Waals surface area contributed by atoms with Gasteiger partial charge in [-0.3, -0.25) is 19.4 Å². The third kappa shape index (κ3) is 4.84. The summed E-state index contributed by atoms with van der Waals surface area (Å²) in [6.45, 7) is 5.12. The first-order valence-electron chi connectivity index (χ1n) is 13.2. The summed E-state index contributed by atoms with van der Waals surface area (Å²) in [4.78, 5) is 48.2. The summed E-state index contributed by atoms with van der Waals surface area (Å²) in [6, 6.07) is 12.8. The molecule has 9 nitrogen and oxygen atoms in total. The monoisotopic (exact) mass is 524 g/mol. The average molecular weight is 525 g/mol. The maximum Gasteiger partial charge on any atom is 0.252 e. The molecule has 2 heterocycles. The van der Waals surface area contributed by atoms with Crippen LogP contribution in [0, 0.1) is 11.3 Å². The molecule has 39 heavy (non-hydrogen) atoms. The van der Waals surface area contributed by atoms with E-state index in [9.17, 15) is 19.6 Å². The largest absolute Gasteiger partial charge is 0.341 e. The molecule has 1 aromatic heterocycles. The minimum absolute atomic E-state index is 0.235. The number of nitrogens with zero attached hydrogens (tertiary/aromatic N) is 4. The van der Waals surface area contributed by atoms with Crippen molar-refractivity contribution in [3.05, 3.63) is 65.4 Å². The number of hydrogen-bond acceptors (Lipinski definition) is 6. The number of anilines is 2. The molecule has 2 aliphatic rings. The van der Waals surface area contributed by atoms with Crippen molar-refractivity contribution in [1.82, 2.24) is 15.6 Å². The molecular formula is C30H32N6O3. The zero-order chi connectivity index (χ0) is 27.8. The van der Waals surface area contributed by atoms with E-state index in [1.807, 2.05) is 30.5 Å². The highest BCUT2D eigenvalue weighted by Crippen LogP contribution is 2.44. The van der Waals surface area contributed by atoms with Crippen LogP contribution in [0.2, 0.25) is 0 Å². The van der Waals surface area contributed by atoms with Gasteiger partial charge in [0, 0.05) is 18.5 Å². The Morgan fingerprint density at radius 2 is 1.92 bits per heavy atom. The lowest BCUT2D eigenvalue weighted by Crippen LogP contribution is -2.59. The number of carbonyl (C=O) groups excluding carboxylic acids is 3. The number of rotatable bonds is 6. The number of nitrogens with one attached hydrogen (secondary N) is 2. The topological polar surface area (TPSA) is 118 Å². The van der Waals surface area contributed by atoms with E-state index in [1.54, 1.807) is 44.0 Å². The predicted octanol–water partition coefficient (Wildman–Crippen LogP) is 3.36. The summed E-state index contributed by atoms with van der Waals surface area (Å²) in [5.41, 5.74) is 4.31. The Labute approximate surface area is 227 Å². The van der Waals surface area contributed by atoms with Gasteiger partial charge < -0.3 is 20.4 Å². The van der Waals surface area contributed by atoms with E-state index < -0.39 is 18.1 Å². The van der Waals surface area contributed by atoms with E-state index >= 15 is 0 Å². The highest BCUT2D eigenvalue weighted by Gasteiger charge is 2.42. The number of benzene rings is 2. The molecule has 0 bridgehead atoms. The molecule has 1 saturated carbocycles. The van der Waals surface area contributed by atoms with Crippen molar-refractivity contribution in [2.45, 2.75) is 64.2 Å². The van der Waals surface area contributed by atoms with Gasteiger partial charge in [0.25, 0.3) is 5.91 Å². The molecule has 5 rings (SSSR count). The average Bonchev–Trinajstić information content (AvgIpc) is 3.79. The summed E-state index contributed by atoms with van der Waals surface area (Å²) in [5, 5.41) is 16.4. The second kappa shape index (κ2) is 10.5. The van der Waals surface area contributed by atoms with Gasteiger partial charge in [0.15, 0.2) is 0 Å². The van der Waals surface area contributed by atoms with Gasteiger partial charge in [0.1, 0.15) is 6.04 Å². The summed E-state index contributed by atoms with van der Waals surface area (Å²) >= 11 is 0. The van der Waals surface area contributed by atoms with Gasteiger partial charge in [-0.1, -0.05) is 18.2 Å². The fourth-order valence-electron chi connectivity index (χ4n) is 5.38. The van der Waals surface area contributed by atoms with E-state index in [0.717, 1.165) is 34.9 Å². The van der Waals surface area contributed by atoms with Crippen LogP contribution in [0.15, 0.2) is 48.7 Å². The molecule has 200 valence electrons. The molecule has 1 aliphatic carbocycles. The number of carbonyl (C=O) groups is 3. The number of hydrogen-bond donors (Lipinski definition) is 2. The minimum Gasteiger partial charge on any atom is -0.341 e. The molecule has 3 aromatic rings. The van der Waals surface area contributed by atoms with Gasteiger partial charge in [-0.15, -0.1) is 0 Å². The van der Waals surface area contributed by atoms with Gasteiger partial charge in [-0.2, -0.15) is 5.26 Å². The molecule has 3 atom stereocenters. The van der Waals surface area contributed by atoms with Crippen LogP contribution >= 0.6 is 0 Å². The van der Waals surface area contributed by atoms with E-state index in [-0.39, 0.29) is 24.3 Å². The molecule has 0 spiro atoms. The van der Waals surface area contributed by atoms with Crippen LogP contribution in [0.25, 0.3) is 10.9 Å². The number of para-hydroxylation sites is 1. The van der Waals surface area contributed by atoms with Crippen LogP contribution in [0.3, 0.4) is 0 Å². The molecule has 2 aromatic carbocycles. The van der Waals surface area contributed by atoms with Crippen LogP contribution in [-0.4, -0.2) is 47.9 Å². The van der Waals surface area contributed by atoms with Gasteiger partial charge in [-0.25, -0.2) is 0 Å². The molecule has 1 aliphatic heterocycles. The molecule has 1 fully saturated rings. The van der Waals surface area contributed by atoms with Crippen molar-refractivity contribution in [2.75, 3.05) is 16.8 Å². The first-order chi connectivity index (χ1) is 18.7. The molecule has 1 unspecified atom stereocenters. The lowest BCUT2D eigenvalue weighted by atomic mass is 9.99. The lowest BCUT2D eigenvalue weighted by Gasteiger charge is -2.32. The van der Waals surface area contributed by atoms with E-state index in [4.69, 9.17) is 0 Å². The van der Waals surface area contributed by atoms with Crippen molar-refractivity contribution in [3.63, 3.8) is 0 Å². The second-order valence-electron chi connectivity index (χ2n) is 10.3. The normalized spacial score (nSPS) is 19.7. The highest BCUT2D eigenvalue weighted by molar-refractivity contribution is 6.09. The highest BCUT2D eigenvalue weighted by atomic mass is 16.2. The molecule has 2 N–H and O–H groups in total. The van der Waals surface area contributed by atoms with E-state index in [1.165, 1.54) is 11.8 Å². The van der Waals surface area contributed by atoms with E-state index in [2.05, 4.69) is 21.7 Å². The lowest BCUT2D eigenvalue weighted by molar-refractivity contribution is -0.129. The number of nitriles is 1. The Morgan fingerprint density at radius 3 is 2.59 bits per heavy atom. The van der Waals surface area contributed by atoms with Gasteiger partial charge in [0.05, 0.1) is 47.2 Å². The minimum atomic E-state index is -1.01. The van der Waals surface area contributed by atoms with Crippen LogP contribution in [0.4, 0.5) is 11.4 Å². The number of pyridine rings is 1.